The number of aromatic nitrogens is 1. The number of piperazine rings is 1. The molecule has 1 saturated heterocycles. The van der Waals surface area contributed by atoms with Crippen molar-refractivity contribution >= 4 is 49.1 Å². The zero-order chi connectivity index (χ0) is 17.4. The van der Waals surface area contributed by atoms with Gasteiger partial charge < -0.3 is 9.80 Å². The van der Waals surface area contributed by atoms with E-state index in [1.807, 2.05) is 22.4 Å². The van der Waals surface area contributed by atoms with E-state index in [4.69, 9.17) is 0 Å². The third-order valence-corrected chi connectivity index (χ3v) is 5.84. The van der Waals surface area contributed by atoms with E-state index in [2.05, 4.69) is 10.3 Å². The maximum Gasteiger partial charge on any atom is 0.322 e. The van der Waals surface area contributed by atoms with E-state index in [0.717, 1.165) is 11.1 Å². The molecule has 1 aliphatic rings. The third kappa shape index (κ3) is 3.29. The SMILES string of the molecule is O=C(Nc1cccs1)N1CCN(c2nc3c(F)cc(F)cc3s2)CC1. The summed E-state index contributed by atoms with van der Waals surface area (Å²) in [6.45, 7) is 2.29. The van der Waals surface area contributed by atoms with Gasteiger partial charge in [-0.1, -0.05) is 11.3 Å². The molecule has 0 aliphatic carbocycles. The summed E-state index contributed by atoms with van der Waals surface area (Å²) in [7, 11) is 0. The number of thiazole rings is 1. The molecule has 3 heterocycles. The lowest BCUT2D eigenvalue weighted by Gasteiger charge is -2.34. The van der Waals surface area contributed by atoms with Gasteiger partial charge in [-0.25, -0.2) is 18.6 Å². The summed E-state index contributed by atoms with van der Waals surface area (Å²) in [5.41, 5.74) is 0.194. The molecular weight excluding hydrogens is 366 g/mol. The number of rotatable bonds is 2. The Balaban J connectivity index is 1.43. The molecule has 1 N–H and O–H groups in total. The van der Waals surface area contributed by atoms with E-state index < -0.39 is 11.6 Å². The van der Waals surface area contributed by atoms with E-state index in [-0.39, 0.29) is 11.5 Å². The highest BCUT2D eigenvalue weighted by molar-refractivity contribution is 7.22. The number of fused-ring (bicyclic) bond motifs is 1. The molecule has 2 aromatic heterocycles. The van der Waals surface area contributed by atoms with Crippen LogP contribution in [0.15, 0.2) is 29.6 Å². The number of carbonyl (C=O) groups excluding carboxylic acids is 1. The van der Waals surface area contributed by atoms with Gasteiger partial charge in [0.05, 0.1) is 9.70 Å². The second kappa shape index (κ2) is 6.57. The number of benzene rings is 1. The Morgan fingerprint density at radius 3 is 2.72 bits per heavy atom. The van der Waals surface area contributed by atoms with Crippen molar-refractivity contribution in [3.63, 3.8) is 0 Å². The summed E-state index contributed by atoms with van der Waals surface area (Å²) in [6.07, 6.45) is 0. The molecule has 1 fully saturated rings. The highest BCUT2D eigenvalue weighted by Crippen LogP contribution is 2.31. The molecule has 5 nitrogen and oxygen atoms in total. The third-order valence-electron chi connectivity index (χ3n) is 3.99. The zero-order valence-corrected chi connectivity index (χ0v) is 14.7. The number of amides is 2. The Morgan fingerprint density at radius 2 is 2.00 bits per heavy atom. The van der Waals surface area contributed by atoms with Crippen molar-refractivity contribution in [1.82, 2.24) is 9.88 Å². The zero-order valence-electron chi connectivity index (χ0n) is 13.0. The highest BCUT2D eigenvalue weighted by Gasteiger charge is 2.24. The molecule has 0 spiro atoms. The van der Waals surface area contributed by atoms with Crippen molar-refractivity contribution in [2.45, 2.75) is 0 Å². The van der Waals surface area contributed by atoms with Gasteiger partial charge >= 0.3 is 6.03 Å². The Hall–Kier alpha value is -2.26. The van der Waals surface area contributed by atoms with Crippen LogP contribution in [0.4, 0.5) is 23.7 Å². The van der Waals surface area contributed by atoms with E-state index in [0.29, 0.717) is 36.0 Å². The fourth-order valence-electron chi connectivity index (χ4n) is 2.72. The number of urea groups is 1. The summed E-state index contributed by atoms with van der Waals surface area (Å²) in [5.74, 6) is -1.25. The lowest BCUT2D eigenvalue weighted by molar-refractivity contribution is 0.208. The number of thiophene rings is 1. The van der Waals surface area contributed by atoms with E-state index in [1.54, 1.807) is 4.90 Å². The molecule has 0 atom stereocenters. The van der Waals surface area contributed by atoms with Gasteiger partial charge in [0.25, 0.3) is 0 Å². The van der Waals surface area contributed by atoms with Crippen LogP contribution in [0.2, 0.25) is 0 Å². The van der Waals surface area contributed by atoms with Gasteiger partial charge in [0.1, 0.15) is 11.3 Å². The molecule has 0 bridgehead atoms. The van der Waals surface area contributed by atoms with Crippen LogP contribution in [0.3, 0.4) is 0 Å². The second-order valence-corrected chi connectivity index (χ2v) is 7.57. The molecule has 9 heteroatoms. The first-order valence-corrected chi connectivity index (χ1v) is 9.40. The summed E-state index contributed by atoms with van der Waals surface area (Å²) >= 11 is 2.74. The maximum atomic E-state index is 13.8. The van der Waals surface area contributed by atoms with Gasteiger partial charge in [0.15, 0.2) is 10.9 Å². The van der Waals surface area contributed by atoms with Crippen LogP contribution < -0.4 is 10.2 Å². The predicted molar refractivity (Wildman–Crippen MR) is 96.7 cm³/mol. The summed E-state index contributed by atoms with van der Waals surface area (Å²) in [6, 6.07) is 5.75. The van der Waals surface area contributed by atoms with Crippen LogP contribution in [-0.2, 0) is 0 Å². The van der Waals surface area contributed by atoms with Crippen LogP contribution in [0, 0.1) is 11.6 Å². The normalized spacial score (nSPS) is 15.0. The van der Waals surface area contributed by atoms with Gasteiger partial charge in [-0.05, 0) is 23.6 Å². The predicted octanol–water partition coefficient (Wildman–Crippen LogP) is 3.99. The fourth-order valence-corrected chi connectivity index (χ4v) is 4.38. The molecule has 3 aromatic rings. The minimum atomic E-state index is -0.647. The van der Waals surface area contributed by atoms with E-state index >= 15 is 0 Å². The van der Waals surface area contributed by atoms with Gasteiger partial charge in [-0.2, -0.15) is 0 Å². The quantitative estimate of drug-likeness (QED) is 0.731. The van der Waals surface area contributed by atoms with Crippen LogP contribution in [0.5, 0.6) is 0 Å². The van der Waals surface area contributed by atoms with Crippen LogP contribution >= 0.6 is 22.7 Å². The molecular formula is C16H14F2N4OS2. The van der Waals surface area contributed by atoms with Crippen LogP contribution in [-0.4, -0.2) is 42.1 Å². The van der Waals surface area contributed by atoms with Crippen molar-refractivity contribution in [1.29, 1.82) is 0 Å². The molecule has 2 amide bonds. The second-order valence-electron chi connectivity index (χ2n) is 5.61. The molecule has 0 saturated carbocycles. The number of hydrogen-bond acceptors (Lipinski definition) is 5. The van der Waals surface area contributed by atoms with Gasteiger partial charge in [0, 0.05) is 32.2 Å². The average Bonchev–Trinajstić information content (AvgIpc) is 3.24. The molecule has 0 unspecified atom stereocenters. The van der Waals surface area contributed by atoms with Crippen molar-refractivity contribution < 1.29 is 13.6 Å². The standard InChI is InChI=1S/C16H14F2N4OS2/c17-10-8-11(18)14-12(9-10)25-16(20-14)22-5-3-21(4-6-22)15(23)19-13-2-1-7-24-13/h1-2,7-9H,3-6H2,(H,19,23). The molecule has 130 valence electrons. The number of hydrogen-bond donors (Lipinski definition) is 1. The van der Waals surface area contributed by atoms with Gasteiger partial charge in [-0.15, -0.1) is 11.3 Å². The lowest BCUT2D eigenvalue weighted by Crippen LogP contribution is -2.50. The fraction of sp³-hybridized carbons (Fsp3) is 0.250. The first kappa shape index (κ1) is 16.2. The minimum Gasteiger partial charge on any atom is -0.345 e. The molecule has 4 rings (SSSR count). The summed E-state index contributed by atoms with van der Waals surface area (Å²) in [5, 5.41) is 6.24. The maximum absolute atomic E-state index is 13.8. The van der Waals surface area contributed by atoms with Crippen LogP contribution in [0.1, 0.15) is 0 Å². The molecule has 1 aromatic carbocycles. The average molecular weight is 380 g/mol. The Morgan fingerprint density at radius 1 is 1.20 bits per heavy atom. The molecule has 25 heavy (non-hydrogen) atoms. The van der Waals surface area contributed by atoms with Crippen molar-refractivity contribution in [2.24, 2.45) is 0 Å². The number of nitrogens with one attached hydrogen (secondary N) is 1. The monoisotopic (exact) mass is 380 g/mol. The Bertz CT molecular complexity index is 904. The smallest absolute Gasteiger partial charge is 0.322 e. The largest absolute Gasteiger partial charge is 0.345 e. The number of nitrogens with zero attached hydrogens (tertiary/aromatic N) is 3. The van der Waals surface area contributed by atoms with E-state index in [1.165, 1.54) is 28.7 Å². The highest BCUT2D eigenvalue weighted by atomic mass is 32.1. The molecule has 1 aliphatic heterocycles. The summed E-state index contributed by atoms with van der Waals surface area (Å²) < 4.78 is 27.6. The van der Waals surface area contributed by atoms with E-state index in [9.17, 15) is 13.6 Å². The Kier molecular flexibility index (Phi) is 4.26. The minimum absolute atomic E-state index is 0.125. The number of halogens is 2. The first-order valence-electron chi connectivity index (χ1n) is 7.70. The van der Waals surface area contributed by atoms with Crippen molar-refractivity contribution in [3.05, 3.63) is 41.3 Å². The number of carbonyl (C=O) groups is 1. The first-order chi connectivity index (χ1) is 12.1. The Labute approximate surface area is 150 Å². The van der Waals surface area contributed by atoms with Crippen molar-refractivity contribution in [2.75, 3.05) is 36.4 Å². The molecule has 0 radical (unpaired) electrons. The van der Waals surface area contributed by atoms with Crippen LogP contribution in [0.25, 0.3) is 10.2 Å². The lowest BCUT2D eigenvalue weighted by atomic mass is 10.3. The topological polar surface area (TPSA) is 48.5 Å². The number of anilines is 2. The van der Waals surface area contributed by atoms with Gasteiger partial charge in [-0.3, -0.25) is 5.32 Å². The summed E-state index contributed by atoms with van der Waals surface area (Å²) in [4.78, 5) is 20.3. The van der Waals surface area contributed by atoms with Crippen molar-refractivity contribution in [3.8, 4) is 0 Å². The van der Waals surface area contributed by atoms with Gasteiger partial charge in [0.2, 0.25) is 0 Å².